The monoisotopic (exact) mass is 291 g/mol. The summed E-state index contributed by atoms with van der Waals surface area (Å²) in [6.45, 7) is 8.43. The highest BCUT2D eigenvalue weighted by molar-refractivity contribution is 9.09. The first-order valence-corrected chi connectivity index (χ1v) is 7.28. The van der Waals surface area contributed by atoms with E-state index in [9.17, 15) is 0 Å². The third-order valence-electron chi connectivity index (χ3n) is 2.57. The van der Waals surface area contributed by atoms with Crippen LogP contribution in [0.15, 0.2) is 9.64 Å². The van der Waals surface area contributed by atoms with Gasteiger partial charge in [-0.05, 0) is 25.7 Å². The van der Waals surface area contributed by atoms with Crippen molar-refractivity contribution in [3.8, 4) is 0 Å². The third-order valence-corrected chi connectivity index (χ3v) is 4.42. The molecule has 1 aromatic rings. The molecule has 2 nitrogen and oxygen atoms in total. The van der Waals surface area contributed by atoms with Crippen LogP contribution in [-0.4, -0.2) is 16.1 Å². The predicted octanol–water partition coefficient (Wildman–Crippen LogP) is 4.05. The van der Waals surface area contributed by atoms with Crippen molar-refractivity contribution in [2.45, 2.75) is 32.9 Å². The number of rotatable bonds is 5. The van der Waals surface area contributed by atoms with Crippen molar-refractivity contribution < 1.29 is 4.42 Å². The van der Waals surface area contributed by atoms with Crippen LogP contribution in [0.3, 0.4) is 0 Å². The Hall–Kier alpha value is 0.0400. The summed E-state index contributed by atoms with van der Waals surface area (Å²) < 4.78 is 5.53. The number of thioether (sulfide) groups is 1. The van der Waals surface area contributed by atoms with E-state index in [2.05, 4.69) is 34.8 Å². The summed E-state index contributed by atoms with van der Waals surface area (Å²) in [5.74, 6) is 3.34. The summed E-state index contributed by atoms with van der Waals surface area (Å²) in [6.07, 6.45) is 0. The SMILES string of the molecule is Cc1nc(SCC(CBr)C(C)C)oc1C. The van der Waals surface area contributed by atoms with Gasteiger partial charge in [-0.1, -0.05) is 41.5 Å². The topological polar surface area (TPSA) is 26.0 Å². The summed E-state index contributed by atoms with van der Waals surface area (Å²) in [4.78, 5) is 4.36. The molecular weight excluding hydrogens is 274 g/mol. The molecule has 1 unspecified atom stereocenters. The summed E-state index contributed by atoms with van der Waals surface area (Å²) >= 11 is 5.25. The lowest BCUT2D eigenvalue weighted by atomic mass is 10.0. The summed E-state index contributed by atoms with van der Waals surface area (Å²) in [6, 6.07) is 0. The second kappa shape index (κ2) is 5.94. The minimum absolute atomic E-state index is 0.669. The molecule has 1 atom stereocenters. The lowest BCUT2D eigenvalue weighted by molar-refractivity contribution is 0.427. The standard InChI is InChI=1S/C11H18BrNOS/c1-7(2)10(5-12)6-15-11-13-8(3)9(4)14-11/h7,10H,5-6H2,1-4H3. The number of oxazole rings is 1. The first kappa shape index (κ1) is 13.1. The van der Waals surface area contributed by atoms with E-state index in [1.54, 1.807) is 11.8 Å². The van der Waals surface area contributed by atoms with Crippen molar-refractivity contribution in [1.29, 1.82) is 0 Å². The molecule has 0 saturated carbocycles. The second-order valence-corrected chi connectivity index (χ2v) is 5.71. The fourth-order valence-corrected chi connectivity index (χ4v) is 3.62. The molecule has 0 fully saturated rings. The van der Waals surface area contributed by atoms with Crippen LogP contribution >= 0.6 is 27.7 Å². The van der Waals surface area contributed by atoms with Crippen molar-refractivity contribution in [2.75, 3.05) is 11.1 Å². The highest BCUT2D eigenvalue weighted by Gasteiger charge is 2.14. The molecule has 0 N–H and O–H groups in total. The van der Waals surface area contributed by atoms with E-state index in [0.29, 0.717) is 11.8 Å². The number of nitrogens with zero attached hydrogens (tertiary/aromatic N) is 1. The maximum atomic E-state index is 5.53. The van der Waals surface area contributed by atoms with Gasteiger partial charge in [-0.3, -0.25) is 0 Å². The Morgan fingerprint density at radius 2 is 2.07 bits per heavy atom. The largest absolute Gasteiger partial charge is 0.437 e. The number of aromatic nitrogens is 1. The van der Waals surface area contributed by atoms with Gasteiger partial charge in [0.1, 0.15) is 5.76 Å². The molecule has 0 aliphatic rings. The van der Waals surface area contributed by atoms with Gasteiger partial charge in [0.05, 0.1) is 5.69 Å². The maximum absolute atomic E-state index is 5.53. The van der Waals surface area contributed by atoms with Crippen LogP contribution in [-0.2, 0) is 0 Å². The van der Waals surface area contributed by atoms with Gasteiger partial charge < -0.3 is 4.42 Å². The first-order chi connectivity index (χ1) is 7.04. The predicted molar refractivity (Wildman–Crippen MR) is 68.8 cm³/mol. The van der Waals surface area contributed by atoms with Gasteiger partial charge in [0.2, 0.25) is 0 Å². The van der Waals surface area contributed by atoms with E-state index < -0.39 is 0 Å². The van der Waals surface area contributed by atoms with Crippen LogP contribution in [0.25, 0.3) is 0 Å². The second-order valence-electron chi connectivity index (χ2n) is 4.09. The Balaban J connectivity index is 2.49. The molecule has 0 spiro atoms. The molecular formula is C11H18BrNOS. The quantitative estimate of drug-likeness (QED) is 0.605. The molecule has 4 heteroatoms. The van der Waals surface area contributed by atoms with E-state index in [-0.39, 0.29) is 0 Å². The number of hydrogen-bond donors (Lipinski definition) is 0. The molecule has 15 heavy (non-hydrogen) atoms. The molecule has 0 aromatic carbocycles. The highest BCUT2D eigenvalue weighted by atomic mass is 79.9. The van der Waals surface area contributed by atoms with Crippen molar-refractivity contribution in [3.05, 3.63) is 11.5 Å². The van der Waals surface area contributed by atoms with Crippen LogP contribution in [0.4, 0.5) is 0 Å². The molecule has 1 heterocycles. The zero-order valence-electron chi connectivity index (χ0n) is 9.71. The fourth-order valence-electron chi connectivity index (χ4n) is 1.10. The number of halogens is 1. The molecule has 0 aliphatic heterocycles. The molecule has 0 amide bonds. The number of alkyl halides is 1. The highest BCUT2D eigenvalue weighted by Crippen LogP contribution is 2.26. The molecule has 0 saturated heterocycles. The Bertz CT molecular complexity index is 292. The van der Waals surface area contributed by atoms with Gasteiger partial charge in [0.25, 0.3) is 5.22 Å². The lowest BCUT2D eigenvalue weighted by Crippen LogP contribution is -2.12. The van der Waals surface area contributed by atoms with Crippen LogP contribution in [0.2, 0.25) is 0 Å². The molecule has 0 radical (unpaired) electrons. The van der Waals surface area contributed by atoms with E-state index in [4.69, 9.17) is 4.42 Å². The molecule has 1 rings (SSSR count). The Kier molecular flexibility index (Phi) is 5.19. The van der Waals surface area contributed by atoms with Gasteiger partial charge in [0, 0.05) is 11.1 Å². The summed E-state index contributed by atoms with van der Waals surface area (Å²) in [5, 5.41) is 1.84. The van der Waals surface area contributed by atoms with Crippen LogP contribution in [0.1, 0.15) is 25.3 Å². The van der Waals surface area contributed by atoms with E-state index in [1.807, 2.05) is 13.8 Å². The van der Waals surface area contributed by atoms with Gasteiger partial charge in [-0.15, -0.1) is 0 Å². The minimum Gasteiger partial charge on any atom is -0.437 e. The van der Waals surface area contributed by atoms with Crippen LogP contribution in [0.5, 0.6) is 0 Å². The van der Waals surface area contributed by atoms with E-state index in [0.717, 1.165) is 27.8 Å². The zero-order chi connectivity index (χ0) is 11.4. The Morgan fingerprint density at radius 3 is 2.47 bits per heavy atom. The molecule has 0 aliphatic carbocycles. The first-order valence-electron chi connectivity index (χ1n) is 5.17. The summed E-state index contributed by atoms with van der Waals surface area (Å²) in [5.41, 5.74) is 0.998. The minimum atomic E-state index is 0.669. The average molecular weight is 292 g/mol. The zero-order valence-corrected chi connectivity index (χ0v) is 12.1. The smallest absolute Gasteiger partial charge is 0.256 e. The molecule has 0 bridgehead atoms. The van der Waals surface area contributed by atoms with Crippen molar-refractivity contribution in [1.82, 2.24) is 4.98 Å². The molecule has 86 valence electrons. The van der Waals surface area contributed by atoms with E-state index >= 15 is 0 Å². The molecule has 1 aromatic heterocycles. The average Bonchev–Trinajstić information content (AvgIpc) is 2.47. The normalized spacial score (nSPS) is 13.5. The van der Waals surface area contributed by atoms with Crippen LogP contribution < -0.4 is 0 Å². The number of hydrogen-bond acceptors (Lipinski definition) is 3. The maximum Gasteiger partial charge on any atom is 0.256 e. The van der Waals surface area contributed by atoms with Crippen molar-refractivity contribution >= 4 is 27.7 Å². The van der Waals surface area contributed by atoms with Crippen molar-refractivity contribution in [2.24, 2.45) is 11.8 Å². The van der Waals surface area contributed by atoms with Gasteiger partial charge in [-0.25, -0.2) is 4.98 Å². The Morgan fingerprint density at radius 1 is 1.40 bits per heavy atom. The Labute approximate surface area is 104 Å². The summed E-state index contributed by atoms with van der Waals surface area (Å²) in [7, 11) is 0. The van der Waals surface area contributed by atoms with Gasteiger partial charge in [-0.2, -0.15) is 0 Å². The number of aryl methyl sites for hydroxylation is 2. The van der Waals surface area contributed by atoms with Gasteiger partial charge >= 0.3 is 0 Å². The van der Waals surface area contributed by atoms with E-state index in [1.165, 1.54) is 0 Å². The van der Waals surface area contributed by atoms with Crippen molar-refractivity contribution in [3.63, 3.8) is 0 Å². The fraction of sp³-hybridized carbons (Fsp3) is 0.727. The lowest BCUT2D eigenvalue weighted by Gasteiger charge is -2.16. The van der Waals surface area contributed by atoms with Gasteiger partial charge in [0.15, 0.2) is 0 Å². The van der Waals surface area contributed by atoms with Crippen LogP contribution in [0, 0.1) is 25.7 Å². The third kappa shape index (κ3) is 3.83.